The minimum absolute atomic E-state index is 0.814. The first kappa shape index (κ1) is 38.0. The van der Waals surface area contributed by atoms with Crippen molar-refractivity contribution >= 4 is 77.6 Å². The standard InChI is InChI=1S/C62H42N2O/c1-4-18-43(19-5-1)45-34-37-51(38-35-45)64(57-31-17-14-27-52(57)46-21-6-2-7-22-46)61-58(40-41-59-60(61)55-39-36-47-23-12-13-29-54(47)62(55)65-59)63(50-25-8-3-9-26-50)56-30-16-15-28-53(56)49-33-32-44-20-10-11-24-48(44)42-49/h1-42H. The second-order valence-corrected chi connectivity index (χ2v) is 16.5. The monoisotopic (exact) mass is 830 g/mol. The molecule has 0 aliphatic heterocycles. The Morgan fingerprint density at radius 1 is 0.292 bits per heavy atom. The number of furan rings is 1. The van der Waals surface area contributed by atoms with Crippen LogP contribution >= 0.6 is 0 Å². The molecule has 0 aliphatic rings. The largest absolute Gasteiger partial charge is 0.455 e. The van der Waals surface area contributed by atoms with Gasteiger partial charge in [-0.25, -0.2) is 0 Å². The summed E-state index contributed by atoms with van der Waals surface area (Å²) < 4.78 is 7.06. The van der Waals surface area contributed by atoms with E-state index in [4.69, 9.17) is 4.42 Å². The zero-order valence-electron chi connectivity index (χ0n) is 35.6. The lowest BCUT2D eigenvalue weighted by Gasteiger charge is -2.35. The van der Waals surface area contributed by atoms with E-state index in [9.17, 15) is 0 Å². The van der Waals surface area contributed by atoms with Crippen molar-refractivity contribution in [3.8, 4) is 33.4 Å². The predicted octanol–water partition coefficient (Wildman–Crippen LogP) is 17.8. The molecule has 0 bridgehead atoms. The van der Waals surface area contributed by atoms with E-state index in [1.807, 2.05) is 0 Å². The average Bonchev–Trinajstić information content (AvgIpc) is 3.78. The fourth-order valence-electron chi connectivity index (χ4n) is 9.58. The molecule has 0 fully saturated rings. The van der Waals surface area contributed by atoms with Gasteiger partial charge in [-0.1, -0.05) is 194 Å². The molecule has 65 heavy (non-hydrogen) atoms. The fourth-order valence-corrected chi connectivity index (χ4v) is 9.58. The normalized spacial score (nSPS) is 11.4. The molecule has 0 N–H and O–H groups in total. The van der Waals surface area contributed by atoms with Crippen molar-refractivity contribution in [2.45, 2.75) is 0 Å². The maximum Gasteiger partial charge on any atom is 0.143 e. The Bertz CT molecular complexity index is 3650. The lowest BCUT2D eigenvalue weighted by Crippen LogP contribution is -2.18. The number of fused-ring (bicyclic) bond motifs is 6. The van der Waals surface area contributed by atoms with E-state index < -0.39 is 0 Å². The molecule has 0 saturated carbocycles. The van der Waals surface area contributed by atoms with Crippen molar-refractivity contribution in [1.82, 2.24) is 0 Å². The summed E-state index contributed by atoms with van der Waals surface area (Å²) in [5, 5.41) is 6.72. The summed E-state index contributed by atoms with van der Waals surface area (Å²) in [7, 11) is 0. The first-order valence-electron chi connectivity index (χ1n) is 22.2. The zero-order valence-corrected chi connectivity index (χ0v) is 35.6. The highest BCUT2D eigenvalue weighted by atomic mass is 16.3. The number of benzene rings is 11. The third-order valence-electron chi connectivity index (χ3n) is 12.6. The van der Waals surface area contributed by atoms with Crippen molar-refractivity contribution in [2.24, 2.45) is 0 Å². The lowest BCUT2D eigenvalue weighted by molar-refractivity contribution is 0.672. The molecule has 0 radical (unpaired) electrons. The number of rotatable bonds is 9. The fraction of sp³-hybridized carbons (Fsp3) is 0. The summed E-state index contributed by atoms with van der Waals surface area (Å²) in [6, 6.07) is 91.5. The summed E-state index contributed by atoms with van der Waals surface area (Å²) in [4.78, 5) is 4.91. The van der Waals surface area contributed by atoms with E-state index in [0.29, 0.717) is 0 Å². The summed E-state index contributed by atoms with van der Waals surface area (Å²) in [6.45, 7) is 0. The van der Waals surface area contributed by atoms with E-state index >= 15 is 0 Å². The Labute approximate surface area is 378 Å². The number of para-hydroxylation sites is 3. The quantitative estimate of drug-likeness (QED) is 0.144. The van der Waals surface area contributed by atoms with Crippen LogP contribution in [0, 0.1) is 0 Å². The first-order valence-corrected chi connectivity index (χ1v) is 22.2. The van der Waals surface area contributed by atoms with E-state index in [1.165, 1.54) is 16.3 Å². The van der Waals surface area contributed by atoms with E-state index in [-0.39, 0.29) is 0 Å². The molecule has 3 nitrogen and oxygen atoms in total. The molecule has 0 atom stereocenters. The maximum absolute atomic E-state index is 7.06. The molecule has 0 unspecified atom stereocenters. The average molecular weight is 831 g/mol. The molecule has 0 saturated heterocycles. The van der Waals surface area contributed by atoms with Gasteiger partial charge < -0.3 is 14.2 Å². The third-order valence-corrected chi connectivity index (χ3v) is 12.6. The van der Waals surface area contributed by atoms with Crippen LogP contribution in [-0.2, 0) is 0 Å². The van der Waals surface area contributed by atoms with Crippen LogP contribution in [0.1, 0.15) is 0 Å². The molecule has 306 valence electrons. The van der Waals surface area contributed by atoms with Gasteiger partial charge in [0.25, 0.3) is 0 Å². The Kier molecular flexibility index (Phi) is 9.50. The maximum atomic E-state index is 7.06. The predicted molar refractivity (Wildman–Crippen MR) is 274 cm³/mol. The van der Waals surface area contributed by atoms with Gasteiger partial charge in [-0.2, -0.15) is 0 Å². The van der Waals surface area contributed by atoms with Gasteiger partial charge in [-0.15, -0.1) is 0 Å². The van der Waals surface area contributed by atoms with E-state index in [1.54, 1.807) is 0 Å². The Morgan fingerprint density at radius 2 is 0.815 bits per heavy atom. The summed E-state index contributed by atoms with van der Waals surface area (Å²) in [5.74, 6) is 0. The molecule has 12 rings (SSSR count). The first-order chi connectivity index (χ1) is 32.3. The van der Waals surface area contributed by atoms with Gasteiger partial charge in [0, 0.05) is 33.3 Å². The molecule has 0 aliphatic carbocycles. The second-order valence-electron chi connectivity index (χ2n) is 16.5. The van der Waals surface area contributed by atoms with Crippen LogP contribution in [0.15, 0.2) is 259 Å². The van der Waals surface area contributed by atoms with Crippen LogP contribution in [0.25, 0.3) is 76.9 Å². The molecule has 1 heterocycles. The van der Waals surface area contributed by atoms with Crippen LogP contribution in [0.2, 0.25) is 0 Å². The SMILES string of the molecule is c1ccc(-c2ccc(N(c3ccccc3-c3ccccc3)c3c(N(c4ccccc4)c4ccccc4-c4ccc5ccccc5c4)ccc4oc5c6ccccc6ccc5c34)cc2)cc1. The van der Waals surface area contributed by atoms with Gasteiger partial charge in [-0.3, -0.25) is 0 Å². The van der Waals surface area contributed by atoms with Gasteiger partial charge in [0.15, 0.2) is 0 Å². The smallest absolute Gasteiger partial charge is 0.143 e. The van der Waals surface area contributed by atoms with Crippen molar-refractivity contribution in [3.05, 3.63) is 255 Å². The Morgan fingerprint density at radius 3 is 1.55 bits per heavy atom. The number of hydrogen-bond donors (Lipinski definition) is 0. The van der Waals surface area contributed by atoms with Crippen LogP contribution in [0.3, 0.4) is 0 Å². The highest BCUT2D eigenvalue weighted by Gasteiger charge is 2.30. The molecule has 1 aromatic heterocycles. The minimum Gasteiger partial charge on any atom is -0.455 e. The zero-order chi connectivity index (χ0) is 43.1. The van der Waals surface area contributed by atoms with Crippen LogP contribution in [0.4, 0.5) is 34.1 Å². The van der Waals surface area contributed by atoms with Crippen molar-refractivity contribution in [1.29, 1.82) is 0 Å². The molecular formula is C62H42N2O. The van der Waals surface area contributed by atoms with E-state index in [0.717, 1.165) is 94.7 Å². The topological polar surface area (TPSA) is 19.6 Å². The molecule has 12 aromatic rings. The number of hydrogen-bond acceptors (Lipinski definition) is 3. The van der Waals surface area contributed by atoms with Crippen LogP contribution in [-0.4, -0.2) is 0 Å². The second kappa shape index (κ2) is 16.2. The summed E-state index contributed by atoms with van der Waals surface area (Å²) in [6.07, 6.45) is 0. The molecule has 0 spiro atoms. The highest BCUT2D eigenvalue weighted by molar-refractivity contribution is 6.22. The Hall–Kier alpha value is -8.66. The van der Waals surface area contributed by atoms with Crippen molar-refractivity contribution in [3.63, 3.8) is 0 Å². The number of anilines is 6. The Balaban J connectivity index is 1.21. The van der Waals surface area contributed by atoms with Gasteiger partial charge in [-0.05, 0) is 99.1 Å². The van der Waals surface area contributed by atoms with Gasteiger partial charge in [0.05, 0.1) is 28.1 Å². The highest BCUT2D eigenvalue weighted by Crippen LogP contribution is 2.54. The minimum atomic E-state index is 0.814. The molecule has 11 aromatic carbocycles. The van der Waals surface area contributed by atoms with Crippen molar-refractivity contribution in [2.75, 3.05) is 9.80 Å². The third kappa shape index (κ3) is 6.78. The van der Waals surface area contributed by atoms with Gasteiger partial charge in [0.1, 0.15) is 11.2 Å². The molecule has 3 heteroatoms. The molecule has 0 amide bonds. The molecular weight excluding hydrogens is 789 g/mol. The van der Waals surface area contributed by atoms with Gasteiger partial charge in [0.2, 0.25) is 0 Å². The van der Waals surface area contributed by atoms with Gasteiger partial charge >= 0.3 is 0 Å². The van der Waals surface area contributed by atoms with Crippen LogP contribution < -0.4 is 9.80 Å². The van der Waals surface area contributed by atoms with E-state index in [2.05, 4.69) is 265 Å². The number of nitrogens with zero attached hydrogens (tertiary/aromatic N) is 2. The van der Waals surface area contributed by atoms with Crippen molar-refractivity contribution < 1.29 is 4.42 Å². The summed E-state index contributed by atoms with van der Waals surface area (Å²) >= 11 is 0. The summed E-state index contributed by atoms with van der Waals surface area (Å²) in [5.41, 5.74) is 14.7. The lowest BCUT2D eigenvalue weighted by atomic mass is 9.97. The van der Waals surface area contributed by atoms with Crippen LogP contribution in [0.5, 0.6) is 0 Å².